The Morgan fingerprint density at radius 1 is 1.25 bits per heavy atom. The summed E-state index contributed by atoms with van der Waals surface area (Å²) in [6.45, 7) is 0. The summed E-state index contributed by atoms with van der Waals surface area (Å²) in [6, 6.07) is 12.1. The molecule has 16 heavy (non-hydrogen) atoms. The van der Waals surface area contributed by atoms with E-state index >= 15 is 0 Å². The van der Waals surface area contributed by atoms with Gasteiger partial charge in [0.25, 0.3) is 0 Å². The zero-order valence-corrected chi connectivity index (χ0v) is 9.37. The van der Waals surface area contributed by atoms with Gasteiger partial charge in [0.2, 0.25) is 0 Å². The van der Waals surface area contributed by atoms with E-state index in [2.05, 4.69) is 17.2 Å². The maximum atomic E-state index is 9.99. The van der Waals surface area contributed by atoms with Gasteiger partial charge < -0.3 is 5.11 Å². The first kappa shape index (κ1) is 10.9. The molecule has 1 aromatic heterocycles. The van der Waals surface area contributed by atoms with Gasteiger partial charge in [0.15, 0.2) is 0 Å². The maximum absolute atomic E-state index is 9.99. The van der Waals surface area contributed by atoms with Gasteiger partial charge in [0, 0.05) is 13.2 Å². The first-order valence-corrected chi connectivity index (χ1v) is 5.47. The van der Waals surface area contributed by atoms with Crippen LogP contribution in [0.25, 0.3) is 0 Å². The lowest BCUT2D eigenvalue weighted by atomic mass is 10.1. The predicted octanol–water partition coefficient (Wildman–Crippen LogP) is 2.09. The molecule has 0 spiro atoms. The molecule has 84 valence electrons. The van der Waals surface area contributed by atoms with Gasteiger partial charge in [-0.05, 0) is 24.5 Å². The van der Waals surface area contributed by atoms with Crippen molar-refractivity contribution in [3.63, 3.8) is 0 Å². The Bertz CT molecular complexity index is 436. The monoisotopic (exact) mass is 216 g/mol. The van der Waals surface area contributed by atoms with Crippen molar-refractivity contribution in [1.82, 2.24) is 9.78 Å². The highest BCUT2D eigenvalue weighted by atomic mass is 16.3. The molecule has 1 heterocycles. The molecular weight excluding hydrogens is 200 g/mol. The standard InChI is InChI=1S/C13H16N2O/c1-15-12(9-10-14-15)13(16)8-7-11-5-3-2-4-6-11/h2-6,9-10,13,16H,7-8H2,1H3. The van der Waals surface area contributed by atoms with Crippen molar-refractivity contribution in [2.75, 3.05) is 0 Å². The van der Waals surface area contributed by atoms with Crippen molar-refractivity contribution >= 4 is 0 Å². The van der Waals surface area contributed by atoms with Gasteiger partial charge in [0.05, 0.1) is 11.8 Å². The Kier molecular flexibility index (Phi) is 3.37. The SMILES string of the molecule is Cn1nccc1C(O)CCc1ccccc1. The van der Waals surface area contributed by atoms with Gasteiger partial charge in [-0.2, -0.15) is 5.10 Å². The number of hydrogen-bond donors (Lipinski definition) is 1. The van der Waals surface area contributed by atoms with Gasteiger partial charge >= 0.3 is 0 Å². The molecule has 1 atom stereocenters. The summed E-state index contributed by atoms with van der Waals surface area (Å²) in [4.78, 5) is 0. The summed E-state index contributed by atoms with van der Waals surface area (Å²) in [5.74, 6) is 0. The fourth-order valence-electron chi connectivity index (χ4n) is 1.81. The van der Waals surface area contributed by atoms with Crippen LogP contribution in [0.1, 0.15) is 23.8 Å². The summed E-state index contributed by atoms with van der Waals surface area (Å²) >= 11 is 0. The van der Waals surface area contributed by atoms with Crippen molar-refractivity contribution < 1.29 is 5.11 Å². The first-order valence-electron chi connectivity index (χ1n) is 5.47. The molecule has 0 aliphatic carbocycles. The quantitative estimate of drug-likeness (QED) is 0.849. The number of hydrogen-bond acceptors (Lipinski definition) is 2. The van der Waals surface area contributed by atoms with E-state index < -0.39 is 6.10 Å². The van der Waals surface area contributed by atoms with E-state index in [1.54, 1.807) is 10.9 Å². The third kappa shape index (κ3) is 2.49. The fourth-order valence-corrected chi connectivity index (χ4v) is 1.81. The van der Waals surface area contributed by atoms with Crippen LogP contribution >= 0.6 is 0 Å². The van der Waals surface area contributed by atoms with Crippen LogP contribution in [0.3, 0.4) is 0 Å². The van der Waals surface area contributed by atoms with Gasteiger partial charge in [-0.3, -0.25) is 4.68 Å². The van der Waals surface area contributed by atoms with E-state index in [-0.39, 0.29) is 0 Å². The van der Waals surface area contributed by atoms with E-state index in [0.29, 0.717) is 0 Å². The van der Waals surface area contributed by atoms with E-state index in [4.69, 9.17) is 0 Å². The predicted molar refractivity (Wildman–Crippen MR) is 62.9 cm³/mol. The van der Waals surface area contributed by atoms with Crippen LogP contribution in [-0.4, -0.2) is 14.9 Å². The Morgan fingerprint density at radius 3 is 2.62 bits per heavy atom. The van der Waals surface area contributed by atoms with E-state index in [1.807, 2.05) is 31.3 Å². The van der Waals surface area contributed by atoms with Crippen molar-refractivity contribution in [1.29, 1.82) is 0 Å². The summed E-state index contributed by atoms with van der Waals surface area (Å²) in [7, 11) is 1.85. The highest BCUT2D eigenvalue weighted by molar-refractivity contribution is 5.15. The molecule has 0 radical (unpaired) electrons. The van der Waals surface area contributed by atoms with Crippen LogP contribution in [0.15, 0.2) is 42.6 Å². The molecule has 1 aromatic carbocycles. The second-order valence-electron chi connectivity index (χ2n) is 3.92. The molecule has 3 heteroatoms. The molecule has 2 rings (SSSR count). The Morgan fingerprint density at radius 2 is 2.00 bits per heavy atom. The Labute approximate surface area is 95.3 Å². The topological polar surface area (TPSA) is 38.0 Å². The second kappa shape index (κ2) is 4.94. The van der Waals surface area contributed by atoms with Crippen LogP contribution in [0.5, 0.6) is 0 Å². The van der Waals surface area contributed by atoms with Crippen molar-refractivity contribution in [3.8, 4) is 0 Å². The number of benzene rings is 1. The maximum Gasteiger partial charge on any atom is 0.0959 e. The normalized spacial score (nSPS) is 12.6. The Balaban J connectivity index is 1.94. The zero-order chi connectivity index (χ0) is 11.4. The average molecular weight is 216 g/mol. The first-order chi connectivity index (χ1) is 7.77. The minimum atomic E-state index is -0.437. The minimum absolute atomic E-state index is 0.437. The minimum Gasteiger partial charge on any atom is -0.387 e. The number of aliphatic hydroxyl groups excluding tert-OH is 1. The average Bonchev–Trinajstić information content (AvgIpc) is 2.74. The molecule has 0 aliphatic rings. The van der Waals surface area contributed by atoms with Crippen LogP contribution < -0.4 is 0 Å². The van der Waals surface area contributed by atoms with E-state index in [1.165, 1.54) is 5.56 Å². The van der Waals surface area contributed by atoms with Gasteiger partial charge in [-0.25, -0.2) is 0 Å². The second-order valence-corrected chi connectivity index (χ2v) is 3.92. The Hall–Kier alpha value is -1.61. The molecule has 0 aliphatic heterocycles. The number of aryl methyl sites for hydroxylation is 2. The molecule has 0 bridgehead atoms. The highest BCUT2D eigenvalue weighted by Crippen LogP contribution is 2.17. The van der Waals surface area contributed by atoms with Gasteiger partial charge in [0.1, 0.15) is 0 Å². The highest BCUT2D eigenvalue weighted by Gasteiger charge is 2.10. The molecule has 0 saturated carbocycles. The van der Waals surface area contributed by atoms with E-state index in [0.717, 1.165) is 18.5 Å². The molecule has 1 unspecified atom stereocenters. The lowest BCUT2D eigenvalue weighted by molar-refractivity contribution is 0.158. The zero-order valence-electron chi connectivity index (χ0n) is 9.37. The molecule has 1 N–H and O–H groups in total. The number of nitrogens with zero attached hydrogens (tertiary/aromatic N) is 2. The fraction of sp³-hybridized carbons (Fsp3) is 0.308. The summed E-state index contributed by atoms with van der Waals surface area (Å²) in [5, 5.41) is 14.0. The molecule has 0 fully saturated rings. The van der Waals surface area contributed by atoms with Gasteiger partial charge in [-0.1, -0.05) is 30.3 Å². The summed E-state index contributed by atoms with van der Waals surface area (Å²) < 4.78 is 1.72. The summed E-state index contributed by atoms with van der Waals surface area (Å²) in [5.41, 5.74) is 2.12. The molecule has 2 aromatic rings. The number of rotatable bonds is 4. The van der Waals surface area contributed by atoms with Crippen LogP contribution in [0.2, 0.25) is 0 Å². The smallest absolute Gasteiger partial charge is 0.0959 e. The van der Waals surface area contributed by atoms with Crippen LogP contribution in [-0.2, 0) is 13.5 Å². The van der Waals surface area contributed by atoms with Crippen LogP contribution in [0.4, 0.5) is 0 Å². The lowest BCUT2D eigenvalue weighted by Crippen LogP contribution is -2.06. The van der Waals surface area contributed by atoms with Crippen LogP contribution in [0, 0.1) is 0 Å². The van der Waals surface area contributed by atoms with Crippen molar-refractivity contribution in [2.24, 2.45) is 7.05 Å². The van der Waals surface area contributed by atoms with Gasteiger partial charge in [-0.15, -0.1) is 0 Å². The third-order valence-electron chi connectivity index (χ3n) is 2.75. The molecule has 0 amide bonds. The molecule has 3 nitrogen and oxygen atoms in total. The number of aliphatic hydroxyl groups is 1. The van der Waals surface area contributed by atoms with E-state index in [9.17, 15) is 5.11 Å². The largest absolute Gasteiger partial charge is 0.387 e. The number of aromatic nitrogens is 2. The summed E-state index contributed by atoms with van der Waals surface area (Å²) in [6.07, 6.45) is 2.88. The van der Waals surface area contributed by atoms with Crippen molar-refractivity contribution in [3.05, 3.63) is 53.9 Å². The lowest BCUT2D eigenvalue weighted by Gasteiger charge is -2.10. The van der Waals surface area contributed by atoms with Crippen molar-refractivity contribution in [2.45, 2.75) is 18.9 Å². The molecular formula is C13H16N2O. The molecule has 0 saturated heterocycles. The third-order valence-corrected chi connectivity index (χ3v) is 2.75.